The molecule has 0 bridgehead atoms. The number of pyridine rings is 1. The van der Waals surface area contributed by atoms with Gasteiger partial charge in [-0.25, -0.2) is 0 Å². The maximum atomic E-state index is 4.26. The Bertz CT molecular complexity index is 353. The average Bonchev–Trinajstić information content (AvgIpc) is 2.20. The molecule has 0 fully saturated rings. The predicted octanol–water partition coefficient (Wildman–Crippen LogP) is 3.75. The van der Waals surface area contributed by atoms with Crippen LogP contribution in [0.3, 0.4) is 0 Å². The smallest absolute Gasteiger partial charge is 0.104 e. The van der Waals surface area contributed by atoms with Gasteiger partial charge in [-0.3, -0.25) is 4.98 Å². The number of hydrogen-bond donors (Lipinski definition) is 0. The molecule has 0 saturated carbocycles. The summed E-state index contributed by atoms with van der Waals surface area (Å²) in [6, 6.07) is 4.11. The zero-order chi connectivity index (χ0) is 10.4. The number of halogens is 1. The average molecular weight is 299 g/mol. The lowest BCUT2D eigenvalue weighted by molar-refractivity contribution is 1.11. The third-order valence-electron chi connectivity index (χ3n) is 1.98. The van der Waals surface area contributed by atoms with Crippen LogP contribution in [0.4, 0.5) is 0 Å². The van der Waals surface area contributed by atoms with Crippen LogP contribution >= 0.6 is 22.6 Å². The van der Waals surface area contributed by atoms with Crippen molar-refractivity contribution in [2.75, 3.05) is 0 Å². The predicted molar refractivity (Wildman–Crippen MR) is 69.2 cm³/mol. The third kappa shape index (κ3) is 3.25. The quantitative estimate of drug-likeness (QED) is 0.470. The minimum Gasteiger partial charge on any atom is -0.250 e. The molecule has 1 nitrogen and oxygen atoms in total. The first-order chi connectivity index (χ1) is 6.77. The summed E-state index contributed by atoms with van der Waals surface area (Å²) in [5, 5.41) is 0. The molecule has 0 unspecified atom stereocenters. The monoisotopic (exact) mass is 299 g/mol. The highest BCUT2D eigenvalue weighted by Crippen LogP contribution is 2.14. The summed E-state index contributed by atoms with van der Waals surface area (Å²) >= 11 is 2.28. The lowest BCUT2D eigenvalue weighted by Gasteiger charge is -2.03. The molecule has 0 amide bonds. The van der Waals surface area contributed by atoms with Crippen molar-refractivity contribution in [3.05, 3.63) is 51.4 Å². The van der Waals surface area contributed by atoms with Gasteiger partial charge in [0.2, 0.25) is 0 Å². The molecular weight excluding hydrogens is 285 g/mol. The van der Waals surface area contributed by atoms with Crippen molar-refractivity contribution >= 4 is 22.6 Å². The molecule has 0 saturated heterocycles. The second kappa shape index (κ2) is 5.96. The van der Waals surface area contributed by atoms with Gasteiger partial charge in [0.15, 0.2) is 0 Å². The van der Waals surface area contributed by atoms with Crippen LogP contribution in [0.25, 0.3) is 0 Å². The first kappa shape index (κ1) is 11.4. The van der Waals surface area contributed by atoms with Gasteiger partial charge in [0.1, 0.15) is 3.70 Å². The maximum Gasteiger partial charge on any atom is 0.104 e. The van der Waals surface area contributed by atoms with Gasteiger partial charge in [0.05, 0.1) is 0 Å². The van der Waals surface area contributed by atoms with Crippen molar-refractivity contribution < 1.29 is 0 Å². The van der Waals surface area contributed by atoms with E-state index in [-0.39, 0.29) is 0 Å². The molecule has 0 spiro atoms. The van der Waals surface area contributed by atoms with Crippen molar-refractivity contribution in [3.8, 4) is 0 Å². The SMILES string of the molecule is C/C=C\C(=C/C)Cc1cccnc1I. The Labute approximate surface area is 99.1 Å². The van der Waals surface area contributed by atoms with Gasteiger partial charge in [-0.15, -0.1) is 0 Å². The molecule has 1 heterocycles. The van der Waals surface area contributed by atoms with Gasteiger partial charge >= 0.3 is 0 Å². The first-order valence-electron chi connectivity index (χ1n) is 4.65. The van der Waals surface area contributed by atoms with Gasteiger partial charge in [-0.2, -0.15) is 0 Å². The molecule has 0 N–H and O–H groups in total. The molecule has 74 valence electrons. The van der Waals surface area contributed by atoms with Crippen LogP contribution in [-0.2, 0) is 6.42 Å². The molecule has 1 aromatic rings. The molecule has 0 atom stereocenters. The molecule has 0 aromatic carbocycles. The van der Waals surface area contributed by atoms with Crippen LogP contribution < -0.4 is 0 Å². The van der Waals surface area contributed by atoms with E-state index >= 15 is 0 Å². The normalized spacial score (nSPS) is 12.4. The van der Waals surface area contributed by atoms with E-state index in [1.54, 1.807) is 0 Å². The van der Waals surface area contributed by atoms with Crippen molar-refractivity contribution in [2.45, 2.75) is 20.3 Å². The van der Waals surface area contributed by atoms with E-state index in [2.05, 4.69) is 58.8 Å². The van der Waals surface area contributed by atoms with Crippen LogP contribution in [-0.4, -0.2) is 4.98 Å². The summed E-state index contributed by atoms with van der Waals surface area (Å²) in [6.07, 6.45) is 9.15. The number of rotatable bonds is 3. The van der Waals surface area contributed by atoms with E-state index in [0.29, 0.717) is 0 Å². The maximum absolute atomic E-state index is 4.26. The lowest BCUT2D eigenvalue weighted by Crippen LogP contribution is -1.93. The van der Waals surface area contributed by atoms with E-state index in [1.165, 1.54) is 11.1 Å². The Hall–Kier alpha value is -0.640. The van der Waals surface area contributed by atoms with Gasteiger partial charge < -0.3 is 0 Å². The van der Waals surface area contributed by atoms with Crippen LogP contribution in [0.15, 0.2) is 42.1 Å². The Balaban J connectivity index is 2.83. The lowest BCUT2D eigenvalue weighted by atomic mass is 10.1. The molecule has 0 aliphatic heterocycles. The van der Waals surface area contributed by atoms with Gasteiger partial charge in [-0.05, 0) is 60.1 Å². The second-order valence-electron chi connectivity index (χ2n) is 2.99. The molecule has 0 aliphatic rings. The number of hydrogen-bond acceptors (Lipinski definition) is 1. The molecule has 1 rings (SSSR count). The van der Waals surface area contributed by atoms with Crippen LogP contribution in [0.1, 0.15) is 19.4 Å². The van der Waals surface area contributed by atoms with Crippen LogP contribution in [0.5, 0.6) is 0 Å². The summed E-state index contributed by atoms with van der Waals surface area (Å²) in [7, 11) is 0. The fourth-order valence-electron chi connectivity index (χ4n) is 1.24. The van der Waals surface area contributed by atoms with Crippen molar-refractivity contribution in [2.24, 2.45) is 0 Å². The van der Waals surface area contributed by atoms with E-state index in [9.17, 15) is 0 Å². The Morgan fingerprint density at radius 1 is 1.50 bits per heavy atom. The Morgan fingerprint density at radius 3 is 2.86 bits per heavy atom. The minimum absolute atomic E-state index is 0.965. The number of aromatic nitrogens is 1. The van der Waals surface area contributed by atoms with Gasteiger partial charge in [0.25, 0.3) is 0 Å². The van der Waals surface area contributed by atoms with Crippen LogP contribution in [0, 0.1) is 3.70 Å². The summed E-state index contributed by atoms with van der Waals surface area (Å²) in [4.78, 5) is 4.26. The number of allylic oxidation sites excluding steroid dienone is 4. The molecular formula is C12H14IN. The summed E-state index contributed by atoms with van der Waals surface area (Å²) in [5.74, 6) is 0. The molecule has 0 aliphatic carbocycles. The van der Waals surface area contributed by atoms with E-state index in [4.69, 9.17) is 0 Å². The molecule has 0 radical (unpaired) electrons. The standard InChI is InChI=1S/C12H14IN/c1-3-6-10(4-2)9-11-7-5-8-14-12(11)13/h3-8H,9H2,1-2H3/b6-3-,10-4+. The van der Waals surface area contributed by atoms with Crippen molar-refractivity contribution in [1.82, 2.24) is 4.98 Å². The number of nitrogens with zero attached hydrogens (tertiary/aromatic N) is 1. The highest BCUT2D eigenvalue weighted by atomic mass is 127. The third-order valence-corrected chi connectivity index (χ3v) is 2.95. The fourth-order valence-corrected chi connectivity index (χ4v) is 1.77. The van der Waals surface area contributed by atoms with Crippen LogP contribution in [0.2, 0.25) is 0 Å². The summed E-state index contributed by atoms with van der Waals surface area (Å²) in [6.45, 7) is 4.11. The Kier molecular flexibility index (Phi) is 4.87. The zero-order valence-corrected chi connectivity index (χ0v) is 10.7. The molecule has 14 heavy (non-hydrogen) atoms. The van der Waals surface area contributed by atoms with Crippen molar-refractivity contribution in [3.63, 3.8) is 0 Å². The highest BCUT2D eigenvalue weighted by molar-refractivity contribution is 14.1. The zero-order valence-electron chi connectivity index (χ0n) is 8.50. The molecule has 2 heteroatoms. The van der Waals surface area contributed by atoms with E-state index < -0.39 is 0 Å². The van der Waals surface area contributed by atoms with Gasteiger partial charge in [-0.1, -0.05) is 24.3 Å². The Morgan fingerprint density at radius 2 is 2.29 bits per heavy atom. The topological polar surface area (TPSA) is 12.9 Å². The molecule has 1 aromatic heterocycles. The summed E-state index contributed by atoms with van der Waals surface area (Å²) < 4.78 is 1.09. The summed E-state index contributed by atoms with van der Waals surface area (Å²) in [5.41, 5.74) is 2.62. The highest BCUT2D eigenvalue weighted by Gasteiger charge is 2.00. The van der Waals surface area contributed by atoms with Gasteiger partial charge in [0, 0.05) is 6.20 Å². The van der Waals surface area contributed by atoms with E-state index in [1.807, 2.05) is 19.2 Å². The fraction of sp³-hybridized carbons (Fsp3) is 0.250. The van der Waals surface area contributed by atoms with Crippen molar-refractivity contribution in [1.29, 1.82) is 0 Å². The second-order valence-corrected chi connectivity index (χ2v) is 4.02. The van der Waals surface area contributed by atoms with E-state index in [0.717, 1.165) is 10.1 Å². The minimum atomic E-state index is 0.965. The first-order valence-corrected chi connectivity index (χ1v) is 5.73. The largest absolute Gasteiger partial charge is 0.250 e.